The van der Waals surface area contributed by atoms with Crippen LogP contribution in [0.1, 0.15) is 44.5 Å². The normalized spacial score (nSPS) is 20.6. The van der Waals surface area contributed by atoms with Gasteiger partial charge in [0.25, 0.3) is 5.91 Å². The van der Waals surface area contributed by atoms with Gasteiger partial charge in [-0.15, -0.1) is 0 Å². The third-order valence-corrected chi connectivity index (χ3v) is 3.20. The summed E-state index contributed by atoms with van der Waals surface area (Å²) in [6.45, 7) is 7.50. The van der Waals surface area contributed by atoms with Crippen LogP contribution in [0.2, 0.25) is 0 Å². The SMILES string of the molecule is CC1CC1NC(=O)c1cccc(NC(=O)OC(C)(C)C)c1. The summed E-state index contributed by atoms with van der Waals surface area (Å²) in [5.41, 5.74) is 0.518. The van der Waals surface area contributed by atoms with Gasteiger partial charge in [0.15, 0.2) is 0 Å². The van der Waals surface area contributed by atoms with Gasteiger partial charge in [0, 0.05) is 17.3 Å². The molecule has 0 radical (unpaired) electrons. The molecule has 5 heteroatoms. The van der Waals surface area contributed by atoms with Gasteiger partial charge in [-0.05, 0) is 51.3 Å². The van der Waals surface area contributed by atoms with Crippen molar-refractivity contribution in [2.75, 3.05) is 5.32 Å². The number of amides is 2. The molecule has 0 aromatic heterocycles. The third-order valence-electron chi connectivity index (χ3n) is 3.20. The standard InChI is InChI=1S/C16H22N2O3/c1-10-8-13(10)18-14(19)11-6-5-7-12(9-11)17-15(20)21-16(2,3)4/h5-7,9-10,13H,8H2,1-4H3,(H,17,20)(H,18,19). The third kappa shape index (κ3) is 4.77. The fraction of sp³-hybridized carbons (Fsp3) is 0.500. The quantitative estimate of drug-likeness (QED) is 0.898. The van der Waals surface area contributed by atoms with Crippen LogP contribution in [0.4, 0.5) is 10.5 Å². The van der Waals surface area contributed by atoms with Crippen molar-refractivity contribution < 1.29 is 14.3 Å². The number of nitrogens with one attached hydrogen (secondary N) is 2. The van der Waals surface area contributed by atoms with E-state index < -0.39 is 11.7 Å². The smallest absolute Gasteiger partial charge is 0.412 e. The van der Waals surface area contributed by atoms with E-state index in [4.69, 9.17) is 4.74 Å². The van der Waals surface area contributed by atoms with Crippen LogP contribution in [-0.4, -0.2) is 23.6 Å². The van der Waals surface area contributed by atoms with Crippen LogP contribution in [0.25, 0.3) is 0 Å². The van der Waals surface area contributed by atoms with Crippen LogP contribution in [-0.2, 0) is 4.74 Å². The maximum Gasteiger partial charge on any atom is 0.412 e. The van der Waals surface area contributed by atoms with Gasteiger partial charge in [-0.3, -0.25) is 10.1 Å². The van der Waals surface area contributed by atoms with Gasteiger partial charge in [-0.25, -0.2) is 4.79 Å². The Balaban J connectivity index is 1.97. The minimum absolute atomic E-state index is 0.114. The van der Waals surface area contributed by atoms with Gasteiger partial charge in [0.1, 0.15) is 5.60 Å². The maximum absolute atomic E-state index is 12.1. The van der Waals surface area contributed by atoms with Crippen LogP contribution in [0.5, 0.6) is 0 Å². The summed E-state index contributed by atoms with van der Waals surface area (Å²) < 4.78 is 5.18. The van der Waals surface area contributed by atoms with E-state index in [9.17, 15) is 9.59 Å². The zero-order chi connectivity index (χ0) is 15.6. The first-order chi connectivity index (χ1) is 9.74. The second-order valence-corrected chi connectivity index (χ2v) is 6.50. The molecule has 2 N–H and O–H groups in total. The maximum atomic E-state index is 12.1. The Hall–Kier alpha value is -2.04. The van der Waals surface area contributed by atoms with E-state index in [-0.39, 0.29) is 11.9 Å². The molecule has 2 unspecified atom stereocenters. The highest BCUT2D eigenvalue weighted by atomic mass is 16.6. The predicted octanol–water partition coefficient (Wildman–Crippen LogP) is 3.17. The highest BCUT2D eigenvalue weighted by molar-refractivity contribution is 5.96. The van der Waals surface area contributed by atoms with Gasteiger partial charge in [0.05, 0.1) is 0 Å². The predicted molar refractivity (Wildman–Crippen MR) is 81.3 cm³/mol. The summed E-state index contributed by atoms with van der Waals surface area (Å²) in [6.07, 6.45) is 0.498. The van der Waals surface area contributed by atoms with E-state index in [1.807, 2.05) is 0 Å². The van der Waals surface area contributed by atoms with E-state index in [0.29, 0.717) is 17.2 Å². The molecule has 5 nitrogen and oxygen atoms in total. The fourth-order valence-electron chi connectivity index (χ4n) is 1.93. The van der Waals surface area contributed by atoms with E-state index >= 15 is 0 Å². The van der Waals surface area contributed by atoms with E-state index in [1.165, 1.54) is 0 Å². The lowest BCUT2D eigenvalue weighted by Crippen LogP contribution is -2.28. The summed E-state index contributed by atoms with van der Waals surface area (Å²) in [4.78, 5) is 23.8. The van der Waals surface area contributed by atoms with Gasteiger partial charge in [-0.2, -0.15) is 0 Å². The van der Waals surface area contributed by atoms with Crippen molar-refractivity contribution in [1.82, 2.24) is 5.32 Å². The molecule has 1 aliphatic rings. The van der Waals surface area contributed by atoms with Crippen LogP contribution in [0.3, 0.4) is 0 Å². The molecule has 2 amide bonds. The number of hydrogen-bond acceptors (Lipinski definition) is 3. The Morgan fingerprint density at radius 1 is 1.29 bits per heavy atom. The van der Waals surface area contributed by atoms with Crippen molar-refractivity contribution in [3.8, 4) is 0 Å². The Bertz CT molecular complexity index is 549. The van der Waals surface area contributed by atoms with Crippen LogP contribution in [0, 0.1) is 5.92 Å². The summed E-state index contributed by atoms with van der Waals surface area (Å²) in [5.74, 6) is 0.439. The molecule has 1 aromatic rings. The summed E-state index contributed by atoms with van der Waals surface area (Å²) in [6, 6.07) is 7.10. The number of rotatable bonds is 3. The highest BCUT2D eigenvalue weighted by Gasteiger charge is 2.34. The fourth-order valence-corrected chi connectivity index (χ4v) is 1.93. The number of ether oxygens (including phenoxy) is 1. The molecule has 1 aromatic carbocycles. The minimum atomic E-state index is -0.554. The zero-order valence-electron chi connectivity index (χ0n) is 12.9. The van der Waals surface area contributed by atoms with Gasteiger partial charge >= 0.3 is 6.09 Å². The molecule has 2 rings (SSSR count). The van der Waals surface area contributed by atoms with Crippen LogP contribution >= 0.6 is 0 Å². The van der Waals surface area contributed by atoms with Crippen molar-refractivity contribution in [1.29, 1.82) is 0 Å². The van der Waals surface area contributed by atoms with Crippen LogP contribution in [0.15, 0.2) is 24.3 Å². The summed E-state index contributed by atoms with van der Waals surface area (Å²) in [7, 11) is 0. The first-order valence-electron chi connectivity index (χ1n) is 7.15. The number of hydrogen-bond donors (Lipinski definition) is 2. The lowest BCUT2D eigenvalue weighted by molar-refractivity contribution is 0.0635. The van der Waals surface area contributed by atoms with Gasteiger partial charge in [-0.1, -0.05) is 13.0 Å². The average Bonchev–Trinajstić information content (AvgIpc) is 3.02. The number of carbonyl (C=O) groups excluding carboxylic acids is 2. The Kier molecular flexibility index (Phi) is 4.21. The molecular formula is C16H22N2O3. The van der Waals surface area contributed by atoms with E-state index in [2.05, 4.69) is 17.6 Å². The Labute approximate surface area is 125 Å². The van der Waals surface area contributed by atoms with E-state index in [0.717, 1.165) is 6.42 Å². The molecule has 0 heterocycles. The molecule has 0 aliphatic heterocycles. The molecule has 21 heavy (non-hydrogen) atoms. The first kappa shape index (κ1) is 15.4. The van der Waals surface area contributed by atoms with Gasteiger partial charge < -0.3 is 10.1 Å². The zero-order valence-corrected chi connectivity index (χ0v) is 12.9. The van der Waals surface area contributed by atoms with Crippen molar-refractivity contribution in [2.24, 2.45) is 5.92 Å². The highest BCUT2D eigenvalue weighted by Crippen LogP contribution is 2.29. The van der Waals surface area contributed by atoms with Crippen molar-refractivity contribution >= 4 is 17.7 Å². The lowest BCUT2D eigenvalue weighted by Gasteiger charge is -2.19. The molecule has 1 aliphatic carbocycles. The van der Waals surface area contributed by atoms with Crippen molar-refractivity contribution in [3.63, 3.8) is 0 Å². The van der Waals surface area contributed by atoms with Crippen molar-refractivity contribution in [2.45, 2.75) is 45.8 Å². The molecular weight excluding hydrogens is 268 g/mol. The second-order valence-electron chi connectivity index (χ2n) is 6.50. The molecule has 0 bridgehead atoms. The number of benzene rings is 1. The van der Waals surface area contributed by atoms with Crippen molar-refractivity contribution in [3.05, 3.63) is 29.8 Å². The largest absolute Gasteiger partial charge is 0.444 e. The Morgan fingerprint density at radius 3 is 2.52 bits per heavy atom. The molecule has 1 fully saturated rings. The number of carbonyl (C=O) groups is 2. The van der Waals surface area contributed by atoms with E-state index in [1.54, 1.807) is 45.0 Å². The summed E-state index contributed by atoms with van der Waals surface area (Å²) >= 11 is 0. The first-order valence-corrected chi connectivity index (χ1v) is 7.15. The molecule has 2 atom stereocenters. The second kappa shape index (κ2) is 5.76. The summed E-state index contributed by atoms with van der Waals surface area (Å²) in [5, 5.41) is 5.59. The minimum Gasteiger partial charge on any atom is -0.444 e. The molecule has 0 spiro atoms. The molecule has 0 saturated heterocycles. The van der Waals surface area contributed by atoms with Gasteiger partial charge in [0.2, 0.25) is 0 Å². The van der Waals surface area contributed by atoms with Crippen LogP contribution < -0.4 is 10.6 Å². The average molecular weight is 290 g/mol. The topological polar surface area (TPSA) is 67.4 Å². The molecule has 114 valence electrons. The molecule has 1 saturated carbocycles. The number of anilines is 1. The monoisotopic (exact) mass is 290 g/mol. The lowest BCUT2D eigenvalue weighted by atomic mass is 10.2. The Morgan fingerprint density at radius 2 is 1.95 bits per heavy atom.